The molecule has 2 aromatic carbocycles. The molecule has 0 radical (unpaired) electrons. The average Bonchev–Trinajstić information content (AvgIpc) is 2.37. The van der Waals surface area contributed by atoms with Crippen molar-refractivity contribution in [2.45, 2.75) is 19.8 Å². The van der Waals surface area contributed by atoms with Gasteiger partial charge in [0.25, 0.3) is 0 Å². The molecule has 1 aliphatic rings. The second kappa shape index (κ2) is 4.43. The monoisotopic (exact) mass is 254 g/mol. The summed E-state index contributed by atoms with van der Waals surface area (Å²) < 4.78 is 5.25. The van der Waals surface area contributed by atoms with Crippen molar-refractivity contribution in [3.05, 3.63) is 58.7 Å². The third kappa shape index (κ3) is 2.08. The first-order chi connectivity index (χ1) is 9.15. The lowest BCUT2D eigenvalue weighted by molar-refractivity contribution is -0.131. The number of hydrogen-bond donors (Lipinski definition) is 1. The quantitative estimate of drug-likeness (QED) is 0.536. The van der Waals surface area contributed by atoms with Crippen molar-refractivity contribution >= 4 is 5.97 Å². The predicted molar refractivity (Wildman–Crippen MR) is 71.5 cm³/mol. The van der Waals surface area contributed by atoms with Gasteiger partial charge in [-0.15, -0.1) is 0 Å². The normalized spacial score (nSPS) is 12.5. The van der Waals surface area contributed by atoms with E-state index in [0.29, 0.717) is 17.9 Å². The third-order valence-electron chi connectivity index (χ3n) is 3.47. The van der Waals surface area contributed by atoms with E-state index in [9.17, 15) is 9.90 Å². The highest BCUT2D eigenvalue weighted by molar-refractivity contribution is 5.70. The number of ether oxygens (including phenoxy) is 1. The molecule has 1 aliphatic carbocycles. The summed E-state index contributed by atoms with van der Waals surface area (Å²) in [4.78, 5) is 11.1. The Morgan fingerprint density at radius 1 is 1.05 bits per heavy atom. The maximum Gasteiger partial charge on any atom is 0.308 e. The number of rotatable bonds is 1. The van der Waals surface area contributed by atoms with Crippen LogP contribution in [0.15, 0.2) is 36.4 Å². The lowest BCUT2D eigenvalue weighted by Crippen LogP contribution is -2.11. The number of carbonyl (C=O) groups is 1. The van der Waals surface area contributed by atoms with E-state index in [1.807, 2.05) is 24.3 Å². The lowest BCUT2D eigenvalue weighted by atomic mass is 9.85. The fourth-order valence-electron chi connectivity index (χ4n) is 2.60. The van der Waals surface area contributed by atoms with Crippen LogP contribution in [0, 0.1) is 0 Å². The van der Waals surface area contributed by atoms with Crippen molar-refractivity contribution < 1.29 is 14.6 Å². The van der Waals surface area contributed by atoms with E-state index in [1.165, 1.54) is 6.92 Å². The summed E-state index contributed by atoms with van der Waals surface area (Å²) in [5, 5.41) is 9.95. The van der Waals surface area contributed by atoms with E-state index in [2.05, 4.69) is 0 Å². The molecule has 1 N–H and O–H groups in total. The van der Waals surface area contributed by atoms with Crippen LogP contribution in [0.5, 0.6) is 11.5 Å². The number of aromatic hydroxyl groups is 1. The number of phenolic OH excluding ortho intramolecular Hbond substituents is 1. The molecule has 96 valence electrons. The zero-order valence-electron chi connectivity index (χ0n) is 10.6. The van der Waals surface area contributed by atoms with Gasteiger partial charge >= 0.3 is 5.97 Å². The Bertz CT molecular complexity index is 659. The number of carbonyl (C=O) groups excluding carboxylic acids is 1. The fraction of sp³-hybridized carbons (Fsp3) is 0.188. The van der Waals surface area contributed by atoms with Crippen LogP contribution in [-0.2, 0) is 17.6 Å². The molecule has 19 heavy (non-hydrogen) atoms. The first kappa shape index (κ1) is 11.8. The number of phenols is 1. The summed E-state index contributed by atoms with van der Waals surface area (Å²) in [6, 6.07) is 11.3. The second-order valence-electron chi connectivity index (χ2n) is 4.76. The number of benzene rings is 2. The van der Waals surface area contributed by atoms with Gasteiger partial charge in [0.1, 0.15) is 11.5 Å². The number of fused-ring (bicyclic) bond motifs is 2. The molecule has 0 heterocycles. The molecule has 0 spiro atoms. The molecule has 0 aliphatic heterocycles. The molecule has 3 heteroatoms. The second-order valence-corrected chi connectivity index (χ2v) is 4.76. The van der Waals surface area contributed by atoms with Gasteiger partial charge in [-0.25, -0.2) is 0 Å². The van der Waals surface area contributed by atoms with Crippen LogP contribution in [0.25, 0.3) is 0 Å². The Morgan fingerprint density at radius 3 is 2.47 bits per heavy atom. The summed E-state index contributed by atoms with van der Waals surface area (Å²) in [6.07, 6.45) is 1.36. The largest absolute Gasteiger partial charge is 0.508 e. The van der Waals surface area contributed by atoms with Crippen molar-refractivity contribution in [1.29, 1.82) is 0 Å². The highest BCUT2D eigenvalue weighted by atomic mass is 16.5. The lowest BCUT2D eigenvalue weighted by Gasteiger charge is -2.22. The van der Waals surface area contributed by atoms with Gasteiger partial charge in [-0.05, 0) is 29.7 Å². The summed E-state index contributed by atoms with van der Waals surface area (Å²) >= 11 is 0. The van der Waals surface area contributed by atoms with Crippen molar-refractivity contribution in [1.82, 2.24) is 0 Å². The van der Waals surface area contributed by atoms with Crippen molar-refractivity contribution in [3.63, 3.8) is 0 Å². The minimum atomic E-state index is -0.323. The van der Waals surface area contributed by atoms with Crippen LogP contribution < -0.4 is 4.74 Å². The summed E-state index contributed by atoms with van der Waals surface area (Å²) in [7, 11) is 0. The zero-order chi connectivity index (χ0) is 13.4. The molecule has 0 aromatic heterocycles. The van der Waals surface area contributed by atoms with Crippen LogP contribution in [0.3, 0.4) is 0 Å². The minimum absolute atomic E-state index is 0.306. The Hall–Kier alpha value is -2.29. The smallest absolute Gasteiger partial charge is 0.308 e. The average molecular weight is 254 g/mol. The highest BCUT2D eigenvalue weighted by Gasteiger charge is 2.21. The van der Waals surface area contributed by atoms with Crippen molar-refractivity contribution in [3.8, 4) is 11.5 Å². The summed E-state index contributed by atoms with van der Waals surface area (Å²) in [6.45, 7) is 1.40. The molecule has 3 nitrogen and oxygen atoms in total. The van der Waals surface area contributed by atoms with E-state index in [4.69, 9.17) is 4.74 Å². The molecule has 3 rings (SSSR count). The van der Waals surface area contributed by atoms with Crippen molar-refractivity contribution in [2.24, 2.45) is 0 Å². The fourth-order valence-corrected chi connectivity index (χ4v) is 2.60. The maximum atomic E-state index is 11.1. The topological polar surface area (TPSA) is 46.5 Å². The van der Waals surface area contributed by atoms with Crippen LogP contribution in [0.4, 0.5) is 0 Å². The van der Waals surface area contributed by atoms with E-state index in [0.717, 1.165) is 28.7 Å². The molecule has 0 bridgehead atoms. The first-order valence-electron chi connectivity index (χ1n) is 6.24. The van der Waals surface area contributed by atoms with Gasteiger partial charge in [-0.3, -0.25) is 4.79 Å². The van der Waals surface area contributed by atoms with Gasteiger partial charge in [0.2, 0.25) is 0 Å². The van der Waals surface area contributed by atoms with E-state index in [-0.39, 0.29) is 5.97 Å². The molecule has 0 unspecified atom stereocenters. The minimum Gasteiger partial charge on any atom is -0.508 e. The first-order valence-corrected chi connectivity index (χ1v) is 6.24. The van der Waals surface area contributed by atoms with Gasteiger partial charge < -0.3 is 9.84 Å². The van der Waals surface area contributed by atoms with Gasteiger partial charge in [-0.2, -0.15) is 0 Å². The molecule has 0 amide bonds. The molecule has 0 saturated carbocycles. The Balaban J connectivity index is 2.08. The SMILES string of the molecule is CC(=O)Oc1cccc2c1Cc1c(O)cccc1C2. The Kier molecular flexibility index (Phi) is 2.75. The molecular weight excluding hydrogens is 240 g/mol. The number of hydrogen-bond acceptors (Lipinski definition) is 3. The predicted octanol–water partition coefficient (Wildman–Crippen LogP) is 2.81. The third-order valence-corrected chi connectivity index (χ3v) is 3.47. The van der Waals surface area contributed by atoms with E-state index < -0.39 is 0 Å². The zero-order valence-corrected chi connectivity index (χ0v) is 10.6. The summed E-state index contributed by atoms with van der Waals surface area (Å²) in [5.41, 5.74) is 4.20. The van der Waals surface area contributed by atoms with Gasteiger partial charge in [0.15, 0.2) is 0 Å². The van der Waals surface area contributed by atoms with E-state index in [1.54, 1.807) is 12.1 Å². The molecule has 0 atom stereocenters. The van der Waals surface area contributed by atoms with Crippen LogP contribution in [0.2, 0.25) is 0 Å². The van der Waals surface area contributed by atoms with Gasteiger partial charge in [0.05, 0.1) is 0 Å². The molecule has 2 aromatic rings. The van der Waals surface area contributed by atoms with E-state index >= 15 is 0 Å². The van der Waals surface area contributed by atoms with Gasteiger partial charge in [-0.1, -0.05) is 24.3 Å². The van der Waals surface area contributed by atoms with Gasteiger partial charge in [0, 0.05) is 24.5 Å². The maximum absolute atomic E-state index is 11.1. The molecule has 0 fully saturated rings. The molecular formula is C16H14O3. The Labute approximate surface area is 111 Å². The number of esters is 1. The summed E-state index contributed by atoms with van der Waals surface area (Å²) in [5.74, 6) is 0.580. The molecule has 0 saturated heterocycles. The standard InChI is InChI=1S/C16H14O3/c1-10(17)19-16-7-3-5-12-8-11-4-2-6-15(18)13(11)9-14(12)16/h2-7,18H,8-9H2,1H3. The van der Waals surface area contributed by atoms with Crippen LogP contribution in [-0.4, -0.2) is 11.1 Å². The van der Waals surface area contributed by atoms with Crippen LogP contribution in [0.1, 0.15) is 29.2 Å². The van der Waals surface area contributed by atoms with Crippen molar-refractivity contribution in [2.75, 3.05) is 0 Å². The van der Waals surface area contributed by atoms with Crippen LogP contribution >= 0.6 is 0 Å². The Morgan fingerprint density at radius 2 is 1.74 bits per heavy atom. The highest BCUT2D eigenvalue weighted by Crippen LogP contribution is 2.36.